The number of rotatable bonds is 4. The Kier molecular flexibility index (Phi) is 4.46. The second kappa shape index (κ2) is 5.45. The van der Waals surface area contributed by atoms with Crippen molar-refractivity contribution in [2.75, 3.05) is 5.75 Å². The molecule has 0 fully saturated rings. The van der Waals surface area contributed by atoms with E-state index in [0.29, 0.717) is 5.75 Å². The molecule has 0 unspecified atom stereocenters. The van der Waals surface area contributed by atoms with Crippen LogP contribution in [0.2, 0.25) is 0 Å². The van der Waals surface area contributed by atoms with Crippen LogP contribution in [0.15, 0.2) is 23.1 Å². The van der Waals surface area contributed by atoms with Crippen molar-refractivity contribution in [3.8, 4) is 5.75 Å². The average molecular weight is 254 g/mol. The minimum absolute atomic E-state index is 0.259. The second-order valence-electron chi connectivity index (χ2n) is 4.58. The summed E-state index contributed by atoms with van der Waals surface area (Å²) in [5, 5.41) is 9.28. The van der Waals surface area contributed by atoms with E-state index in [4.69, 9.17) is 4.74 Å². The normalized spacial score (nSPS) is 11.3. The Balaban J connectivity index is 3.20. The van der Waals surface area contributed by atoms with Crippen molar-refractivity contribution in [2.45, 2.75) is 38.2 Å². The number of thioether (sulfide) groups is 1. The quantitative estimate of drug-likeness (QED) is 0.833. The zero-order chi connectivity index (χ0) is 13.1. The molecular weight excluding hydrogens is 236 g/mol. The van der Waals surface area contributed by atoms with Crippen LogP contribution < -0.4 is 4.74 Å². The van der Waals surface area contributed by atoms with E-state index in [1.165, 1.54) is 11.8 Å². The smallest absolute Gasteiger partial charge is 0.340 e. The highest BCUT2D eigenvalue weighted by molar-refractivity contribution is 7.99. The average Bonchev–Trinajstić information content (AvgIpc) is 2.15. The van der Waals surface area contributed by atoms with Crippen molar-refractivity contribution < 1.29 is 14.6 Å². The molecule has 1 aromatic carbocycles. The minimum Gasteiger partial charge on any atom is -0.487 e. The van der Waals surface area contributed by atoms with Crippen LogP contribution in [0, 0.1) is 0 Å². The summed E-state index contributed by atoms with van der Waals surface area (Å²) in [5.41, 5.74) is -0.144. The summed E-state index contributed by atoms with van der Waals surface area (Å²) in [7, 11) is 0. The molecule has 3 nitrogen and oxygen atoms in total. The lowest BCUT2D eigenvalue weighted by atomic mass is 10.1. The minimum atomic E-state index is -0.944. The highest BCUT2D eigenvalue weighted by Gasteiger charge is 2.20. The molecule has 1 aromatic rings. The number of hydrogen-bond acceptors (Lipinski definition) is 3. The molecule has 0 atom stereocenters. The molecule has 0 aliphatic rings. The number of benzene rings is 1. The molecule has 0 heterocycles. The first-order chi connectivity index (χ1) is 7.85. The van der Waals surface area contributed by atoms with Gasteiger partial charge in [-0.3, -0.25) is 0 Å². The molecule has 0 spiro atoms. The molecule has 0 aliphatic carbocycles. The van der Waals surface area contributed by atoms with E-state index in [1.807, 2.05) is 39.8 Å². The van der Waals surface area contributed by atoms with Gasteiger partial charge < -0.3 is 9.84 Å². The Hall–Kier alpha value is -1.16. The van der Waals surface area contributed by atoms with Crippen molar-refractivity contribution in [2.24, 2.45) is 0 Å². The maximum absolute atomic E-state index is 11.3. The molecule has 0 radical (unpaired) electrons. The van der Waals surface area contributed by atoms with Crippen molar-refractivity contribution in [1.29, 1.82) is 0 Å². The third-order valence-electron chi connectivity index (χ3n) is 1.92. The van der Waals surface area contributed by atoms with Crippen LogP contribution in [0.5, 0.6) is 5.75 Å². The number of ether oxygens (including phenoxy) is 1. The Morgan fingerprint density at radius 2 is 2.06 bits per heavy atom. The van der Waals surface area contributed by atoms with Gasteiger partial charge in [-0.05, 0) is 38.7 Å². The zero-order valence-electron chi connectivity index (χ0n) is 10.6. The van der Waals surface area contributed by atoms with E-state index in [0.717, 1.165) is 10.6 Å². The number of carboxylic acid groups (broad SMARTS) is 1. The molecule has 0 amide bonds. The van der Waals surface area contributed by atoms with E-state index < -0.39 is 11.6 Å². The summed E-state index contributed by atoms with van der Waals surface area (Å²) >= 11 is 1.51. The van der Waals surface area contributed by atoms with Crippen molar-refractivity contribution in [3.05, 3.63) is 23.8 Å². The lowest BCUT2D eigenvalue weighted by Crippen LogP contribution is -2.24. The molecule has 0 saturated carbocycles. The predicted octanol–water partition coefficient (Wildman–Crippen LogP) is 3.67. The molecule has 17 heavy (non-hydrogen) atoms. The molecule has 0 aliphatic heterocycles. The summed E-state index contributed by atoms with van der Waals surface area (Å²) in [6.45, 7) is 7.70. The largest absolute Gasteiger partial charge is 0.487 e. The van der Waals surface area contributed by atoms with Crippen LogP contribution in [0.3, 0.4) is 0 Å². The molecule has 94 valence electrons. The fraction of sp³-hybridized carbons (Fsp3) is 0.462. The molecular formula is C13H18O3S. The van der Waals surface area contributed by atoms with Crippen LogP contribution in [-0.2, 0) is 0 Å². The first kappa shape index (κ1) is 13.9. The Bertz CT molecular complexity index is 408. The van der Waals surface area contributed by atoms with Crippen LogP contribution >= 0.6 is 11.8 Å². The highest BCUT2D eigenvalue weighted by Crippen LogP contribution is 2.32. The molecule has 0 saturated heterocycles. The van der Waals surface area contributed by atoms with Gasteiger partial charge >= 0.3 is 5.97 Å². The number of hydrogen-bond donors (Lipinski definition) is 1. The molecule has 1 rings (SSSR count). The molecule has 4 heteroatoms. The monoisotopic (exact) mass is 254 g/mol. The van der Waals surface area contributed by atoms with E-state index in [-0.39, 0.29) is 5.56 Å². The summed E-state index contributed by atoms with van der Waals surface area (Å²) in [6, 6.07) is 5.34. The van der Waals surface area contributed by atoms with Crippen LogP contribution in [0.25, 0.3) is 0 Å². The predicted molar refractivity (Wildman–Crippen MR) is 70.2 cm³/mol. The standard InChI is InChI=1S/C13H18O3S/c1-5-17-10-8-6-7-9(11(10)12(14)15)16-13(2,3)4/h6-8H,5H2,1-4H3,(H,14,15). The van der Waals surface area contributed by atoms with Crippen LogP contribution in [-0.4, -0.2) is 22.4 Å². The Morgan fingerprint density at radius 1 is 1.41 bits per heavy atom. The fourth-order valence-corrected chi connectivity index (χ4v) is 2.23. The summed E-state index contributed by atoms with van der Waals surface area (Å²) in [4.78, 5) is 12.1. The van der Waals surface area contributed by atoms with Crippen molar-refractivity contribution in [3.63, 3.8) is 0 Å². The van der Waals surface area contributed by atoms with Gasteiger partial charge in [0.2, 0.25) is 0 Å². The molecule has 0 bridgehead atoms. The summed E-state index contributed by atoms with van der Waals surface area (Å²) in [6.07, 6.45) is 0. The SMILES string of the molecule is CCSc1cccc(OC(C)(C)C)c1C(=O)O. The van der Waals surface area contributed by atoms with Gasteiger partial charge in [0, 0.05) is 4.90 Å². The Morgan fingerprint density at radius 3 is 2.53 bits per heavy atom. The molecule has 0 aromatic heterocycles. The Labute approximate surface area is 106 Å². The fourth-order valence-electron chi connectivity index (χ4n) is 1.41. The number of carbonyl (C=O) groups is 1. The van der Waals surface area contributed by atoms with Gasteiger partial charge in [0.1, 0.15) is 16.9 Å². The molecule has 1 N–H and O–H groups in total. The lowest BCUT2D eigenvalue weighted by Gasteiger charge is -2.23. The zero-order valence-corrected chi connectivity index (χ0v) is 11.4. The summed E-state index contributed by atoms with van der Waals surface area (Å²) in [5.74, 6) is 0.323. The van der Waals surface area contributed by atoms with Crippen molar-refractivity contribution in [1.82, 2.24) is 0 Å². The van der Waals surface area contributed by atoms with Gasteiger partial charge in [0.15, 0.2) is 0 Å². The van der Waals surface area contributed by atoms with Crippen molar-refractivity contribution >= 4 is 17.7 Å². The van der Waals surface area contributed by atoms with Crippen LogP contribution in [0.1, 0.15) is 38.1 Å². The maximum atomic E-state index is 11.3. The van der Waals surface area contributed by atoms with E-state index in [2.05, 4.69) is 0 Å². The number of carboxylic acids is 1. The van der Waals surface area contributed by atoms with Gasteiger partial charge in [-0.25, -0.2) is 4.79 Å². The first-order valence-corrected chi connectivity index (χ1v) is 6.52. The van der Waals surface area contributed by atoms with E-state index in [1.54, 1.807) is 6.07 Å². The van der Waals surface area contributed by atoms with Gasteiger partial charge in [0.25, 0.3) is 0 Å². The highest BCUT2D eigenvalue weighted by atomic mass is 32.2. The van der Waals surface area contributed by atoms with Gasteiger partial charge in [-0.15, -0.1) is 11.8 Å². The van der Waals surface area contributed by atoms with Gasteiger partial charge in [0.05, 0.1) is 0 Å². The second-order valence-corrected chi connectivity index (χ2v) is 5.89. The lowest BCUT2D eigenvalue weighted by molar-refractivity contribution is 0.0676. The number of aromatic carboxylic acids is 1. The third-order valence-corrected chi connectivity index (χ3v) is 2.86. The topological polar surface area (TPSA) is 46.5 Å². The van der Waals surface area contributed by atoms with E-state index in [9.17, 15) is 9.90 Å². The van der Waals surface area contributed by atoms with Gasteiger partial charge in [-0.1, -0.05) is 13.0 Å². The third kappa shape index (κ3) is 3.97. The maximum Gasteiger partial charge on any atom is 0.340 e. The van der Waals surface area contributed by atoms with Crippen LogP contribution in [0.4, 0.5) is 0 Å². The van der Waals surface area contributed by atoms with E-state index >= 15 is 0 Å². The van der Waals surface area contributed by atoms with Gasteiger partial charge in [-0.2, -0.15) is 0 Å². The summed E-state index contributed by atoms with van der Waals surface area (Å²) < 4.78 is 5.69. The first-order valence-electron chi connectivity index (χ1n) is 5.53.